The number of nitrogens with two attached hydrogens (primary N) is 1. The zero-order valence-electron chi connectivity index (χ0n) is 13.7. The van der Waals surface area contributed by atoms with E-state index in [1.54, 1.807) is 0 Å². The Morgan fingerprint density at radius 2 is 1.95 bits per heavy atom. The lowest BCUT2D eigenvalue weighted by Crippen LogP contribution is -2.44. The number of nitrogens with zero attached hydrogens (tertiary/aromatic N) is 2. The number of hydrogen-bond acceptors (Lipinski definition) is 4. The summed E-state index contributed by atoms with van der Waals surface area (Å²) in [6, 6.07) is 0.738. The molecule has 0 aliphatic carbocycles. The second-order valence-electron chi connectivity index (χ2n) is 7.15. The molecule has 2 fully saturated rings. The second kappa shape index (κ2) is 7.56. The molecule has 2 aliphatic heterocycles. The van der Waals surface area contributed by atoms with E-state index in [-0.39, 0.29) is 5.41 Å². The molecule has 5 heteroatoms. The molecule has 0 amide bonds. The molecule has 0 radical (unpaired) electrons. The second-order valence-corrected chi connectivity index (χ2v) is 7.15. The van der Waals surface area contributed by atoms with E-state index in [9.17, 15) is 0 Å². The van der Waals surface area contributed by atoms with Crippen molar-refractivity contribution in [3.05, 3.63) is 0 Å². The molecule has 21 heavy (non-hydrogen) atoms. The summed E-state index contributed by atoms with van der Waals surface area (Å²) in [4.78, 5) is 5.20. The highest BCUT2D eigenvalue weighted by Crippen LogP contribution is 2.23. The SMILES string of the molecule is CC(C)(CCCCN1CCC(N2CCOCC2)C1)C(=N)N. The van der Waals surface area contributed by atoms with Gasteiger partial charge in [-0.05, 0) is 32.4 Å². The van der Waals surface area contributed by atoms with Crippen LogP contribution in [0.25, 0.3) is 0 Å². The Labute approximate surface area is 129 Å². The van der Waals surface area contributed by atoms with Gasteiger partial charge in [-0.2, -0.15) is 0 Å². The van der Waals surface area contributed by atoms with Crippen molar-refractivity contribution in [2.75, 3.05) is 45.9 Å². The lowest BCUT2D eigenvalue weighted by atomic mass is 9.86. The van der Waals surface area contributed by atoms with E-state index in [0.29, 0.717) is 5.84 Å². The Morgan fingerprint density at radius 3 is 2.62 bits per heavy atom. The Morgan fingerprint density at radius 1 is 1.24 bits per heavy atom. The van der Waals surface area contributed by atoms with Gasteiger partial charge in [0.2, 0.25) is 0 Å². The van der Waals surface area contributed by atoms with Gasteiger partial charge < -0.3 is 15.4 Å². The Hall–Kier alpha value is -0.650. The standard InChI is InChI=1S/C16H32N4O/c1-16(2,15(17)18)6-3-4-7-19-8-5-14(13-19)20-9-11-21-12-10-20/h14H,3-13H2,1-2H3,(H3,17,18). The predicted octanol–water partition coefficient (Wildman–Crippen LogP) is 1.53. The fourth-order valence-corrected chi connectivity index (χ4v) is 3.29. The molecule has 0 aromatic carbocycles. The van der Waals surface area contributed by atoms with Crippen LogP contribution < -0.4 is 5.73 Å². The van der Waals surface area contributed by atoms with Crippen LogP contribution in [-0.4, -0.2) is 67.6 Å². The first-order valence-electron chi connectivity index (χ1n) is 8.38. The van der Waals surface area contributed by atoms with Crippen LogP contribution in [0, 0.1) is 10.8 Å². The topological polar surface area (TPSA) is 65.6 Å². The van der Waals surface area contributed by atoms with Crippen molar-refractivity contribution in [3.8, 4) is 0 Å². The van der Waals surface area contributed by atoms with Gasteiger partial charge in [0, 0.05) is 31.1 Å². The predicted molar refractivity (Wildman–Crippen MR) is 86.8 cm³/mol. The Kier molecular flexibility index (Phi) is 6.02. The lowest BCUT2D eigenvalue weighted by molar-refractivity contribution is 0.0185. The molecular formula is C16H32N4O. The zero-order chi connectivity index (χ0) is 15.3. The van der Waals surface area contributed by atoms with Gasteiger partial charge in [-0.1, -0.05) is 20.3 Å². The van der Waals surface area contributed by atoms with Gasteiger partial charge in [-0.3, -0.25) is 10.3 Å². The maximum atomic E-state index is 7.59. The van der Waals surface area contributed by atoms with Crippen LogP contribution in [0.5, 0.6) is 0 Å². The van der Waals surface area contributed by atoms with Gasteiger partial charge in [0.15, 0.2) is 0 Å². The van der Waals surface area contributed by atoms with Gasteiger partial charge in [0.1, 0.15) is 0 Å². The summed E-state index contributed by atoms with van der Waals surface area (Å²) >= 11 is 0. The van der Waals surface area contributed by atoms with Crippen molar-refractivity contribution in [1.82, 2.24) is 9.80 Å². The summed E-state index contributed by atoms with van der Waals surface area (Å²) in [5, 5.41) is 7.59. The molecule has 2 aliphatic rings. The minimum atomic E-state index is -0.138. The van der Waals surface area contributed by atoms with Gasteiger partial charge in [-0.25, -0.2) is 0 Å². The molecule has 5 nitrogen and oxygen atoms in total. The van der Waals surface area contributed by atoms with Crippen molar-refractivity contribution >= 4 is 5.84 Å². The number of hydrogen-bond donors (Lipinski definition) is 2. The summed E-state index contributed by atoms with van der Waals surface area (Å²) in [6.45, 7) is 11.8. The van der Waals surface area contributed by atoms with E-state index in [4.69, 9.17) is 15.9 Å². The van der Waals surface area contributed by atoms with Crippen LogP contribution in [0.15, 0.2) is 0 Å². The normalized spacial score (nSPS) is 25.3. The molecule has 2 saturated heterocycles. The van der Waals surface area contributed by atoms with E-state index in [0.717, 1.165) is 45.2 Å². The number of unbranched alkanes of at least 4 members (excludes halogenated alkanes) is 1. The third-order valence-corrected chi connectivity index (χ3v) is 5.06. The summed E-state index contributed by atoms with van der Waals surface area (Å²) in [7, 11) is 0. The van der Waals surface area contributed by atoms with Crippen molar-refractivity contribution in [2.24, 2.45) is 11.1 Å². The van der Waals surface area contributed by atoms with Gasteiger partial charge >= 0.3 is 0 Å². The summed E-state index contributed by atoms with van der Waals surface area (Å²) in [5.74, 6) is 0.316. The molecule has 0 saturated carbocycles. The highest BCUT2D eigenvalue weighted by atomic mass is 16.5. The van der Waals surface area contributed by atoms with Gasteiger partial charge in [0.05, 0.1) is 19.0 Å². The third kappa shape index (κ3) is 4.94. The van der Waals surface area contributed by atoms with Gasteiger partial charge in [0.25, 0.3) is 0 Å². The van der Waals surface area contributed by atoms with Crippen LogP contribution in [-0.2, 0) is 4.74 Å². The van der Waals surface area contributed by atoms with Crippen molar-refractivity contribution < 1.29 is 4.74 Å². The molecule has 0 spiro atoms. The number of ether oxygens (including phenoxy) is 1. The van der Waals surface area contributed by atoms with Crippen LogP contribution >= 0.6 is 0 Å². The molecule has 0 bridgehead atoms. The Balaban J connectivity index is 1.61. The van der Waals surface area contributed by atoms with Crippen LogP contribution in [0.3, 0.4) is 0 Å². The van der Waals surface area contributed by atoms with E-state index in [1.807, 2.05) is 0 Å². The number of amidine groups is 1. The van der Waals surface area contributed by atoms with E-state index < -0.39 is 0 Å². The largest absolute Gasteiger partial charge is 0.387 e. The summed E-state index contributed by atoms with van der Waals surface area (Å²) in [5.41, 5.74) is 5.49. The number of likely N-dealkylation sites (tertiary alicyclic amines) is 1. The van der Waals surface area contributed by atoms with E-state index in [1.165, 1.54) is 32.5 Å². The van der Waals surface area contributed by atoms with E-state index >= 15 is 0 Å². The molecular weight excluding hydrogens is 264 g/mol. The number of rotatable bonds is 7. The lowest BCUT2D eigenvalue weighted by Gasteiger charge is -2.32. The number of nitrogens with one attached hydrogen (secondary N) is 1. The fraction of sp³-hybridized carbons (Fsp3) is 0.938. The molecule has 2 rings (SSSR count). The quantitative estimate of drug-likeness (QED) is 0.425. The zero-order valence-corrected chi connectivity index (χ0v) is 13.7. The fourth-order valence-electron chi connectivity index (χ4n) is 3.29. The van der Waals surface area contributed by atoms with E-state index in [2.05, 4.69) is 23.6 Å². The molecule has 0 aromatic heterocycles. The van der Waals surface area contributed by atoms with Gasteiger partial charge in [-0.15, -0.1) is 0 Å². The van der Waals surface area contributed by atoms with Crippen molar-refractivity contribution in [1.29, 1.82) is 5.41 Å². The maximum absolute atomic E-state index is 7.59. The molecule has 122 valence electrons. The first-order chi connectivity index (χ1) is 9.99. The Bertz CT molecular complexity index is 339. The molecule has 1 unspecified atom stereocenters. The maximum Gasteiger partial charge on any atom is 0.0963 e. The van der Waals surface area contributed by atoms with Crippen LogP contribution in [0.2, 0.25) is 0 Å². The average molecular weight is 296 g/mol. The monoisotopic (exact) mass is 296 g/mol. The van der Waals surface area contributed by atoms with Crippen molar-refractivity contribution in [2.45, 2.75) is 45.6 Å². The summed E-state index contributed by atoms with van der Waals surface area (Å²) < 4.78 is 5.43. The molecule has 0 aromatic rings. The van der Waals surface area contributed by atoms with Crippen LogP contribution in [0.1, 0.15) is 39.5 Å². The molecule has 3 N–H and O–H groups in total. The highest BCUT2D eigenvalue weighted by Gasteiger charge is 2.28. The molecule has 2 heterocycles. The number of morpholine rings is 1. The first kappa shape index (κ1) is 16.7. The van der Waals surface area contributed by atoms with Crippen molar-refractivity contribution in [3.63, 3.8) is 0 Å². The van der Waals surface area contributed by atoms with Crippen LogP contribution in [0.4, 0.5) is 0 Å². The summed E-state index contributed by atoms with van der Waals surface area (Å²) in [6.07, 6.45) is 4.69. The minimum Gasteiger partial charge on any atom is -0.387 e. The first-order valence-corrected chi connectivity index (χ1v) is 8.38. The highest BCUT2D eigenvalue weighted by molar-refractivity contribution is 5.82. The molecule has 1 atom stereocenters. The average Bonchev–Trinajstić information content (AvgIpc) is 2.93. The third-order valence-electron chi connectivity index (χ3n) is 5.06. The minimum absolute atomic E-state index is 0.138. The smallest absolute Gasteiger partial charge is 0.0963 e.